The Morgan fingerprint density at radius 3 is 2.36 bits per heavy atom. The summed E-state index contributed by atoms with van der Waals surface area (Å²) in [5.41, 5.74) is 0.713. The van der Waals surface area contributed by atoms with Crippen LogP contribution in [0.15, 0.2) is 18.2 Å². The van der Waals surface area contributed by atoms with E-state index >= 15 is 0 Å². The molecule has 5 amide bonds. The Balaban J connectivity index is 2.02. The Bertz CT molecular complexity index is 738. The molecule has 1 saturated heterocycles. The van der Waals surface area contributed by atoms with E-state index in [1.54, 1.807) is 32.0 Å². The highest BCUT2D eigenvalue weighted by atomic mass is 35.5. The Labute approximate surface area is 154 Å². The lowest BCUT2D eigenvalue weighted by atomic mass is 10.1. The van der Waals surface area contributed by atoms with Gasteiger partial charge in [-0.15, -0.1) is 0 Å². The van der Waals surface area contributed by atoms with E-state index in [4.69, 9.17) is 23.2 Å². The van der Waals surface area contributed by atoms with Gasteiger partial charge in [0.2, 0.25) is 5.91 Å². The maximum absolute atomic E-state index is 12.2. The Kier molecular flexibility index (Phi) is 6.02. The summed E-state index contributed by atoms with van der Waals surface area (Å²) in [6, 6.07) is 3.74. The Hall–Kier alpha value is -2.12. The van der Waals surface area contributed by atoms with E-state index in [2.05, 4.69) is 5.32 Å². The van der Waals surface area contributed by atoms with Crippen molar-refractivity contribution in [3.8, 4) is 0 Å². The van der Waals surface area contributed by atoms with Crippen LogP contribution in [-0.2, 0) is 14.4 Å². The van der Waals surface area contributed by atoms with Gasteiger partial charge in [-0.2, -0.15) is 0 Å². The Morgan fingerprint density at radius 1 is 1.12 bits per heavy atom. The first-order valence-electron chi connectivity index (χ1n) is 7.67. The molecule has 1 aliphatic rings. The first-order chi connectivity index (χ1) is 11.8. The second-order valence-electron chi connectivity index (χ2n) is 5.59. The van der Waals surface area contributed by atoms with Crippen LogP contribution in [0.5, 0.6) is 0 Å². The fraction of sp³-hybridized carbons (Fsp3) is 0.375. The highest BCUT2D eigenvalue weighted by Gasteiger charge is 2.44. The van der Waals surface area contributed by atoms with Gasteiger partial charge in [-0.25, -0.2) is 9.69 Å². The number of urea groups is 1. The van der Waals surface area contributed by atoms with Gasteiger partial charge in [-0.1, -0.05) is 36.2 Å². The van der Waals surface area contributed by atoms with Crippen molar-refractivity contribution in [1.29, 1.82) is 0 Å². The molecule has 0 aliphatic carbocycles. The zero-order chi connectivity index (χ0) is 18.7. The second-order valence-corrected chi connectivity index (χ2v) is 6.41. The third-order valence-electron chi connectivity index (χ3n) is 3.71. The lowest BCUT2D eigenvalue weighted by Crippen LogP contribution is -2.42. The van der Waals surface area contributed by atoms with Crippen molar-refractivity contribution in [1.82, 2.24) is 15.1 Å². The molecule has 1 aliphatic heterocycles. The van der Waals surface area contributed by atoms with Crippen molar-refractivity contribution < 1.29 is 19.2 Å². The quantitative estimate of drug-likeness (QED) is 0.601. The SMILES string of the molecule is CCCN1C(=O)C(=O)N(CC(=O)N[C@H](C)c2ccc(Cl)c(Cl)c2)C1=O. The molecule has 7 nitrogen and oxygen atoms in total. The van der Waals surface area contributed by atoms with Crippen LogP contribution in [0.4, 0.5) is 4.79 Å². The molecule has 0 bridgehead atoms. The van der Waals surface area contributed by atoms with Crippen molar-refractivity contribution in [2.75, 3.05) is 13.1 Å². The van der Waals surface area contributed by atoms with Crippen LogP contribution < -0.4 is 5.32 Å². The molecular formula is C16H17Cl2N3O4. The molecule has 0 spiro atoms. The molecule has 0 unspecified atom stereocenters. The number of nitrogens with zero attached hydrogens (tertiary/aromatic N) is 2. The van der Waals surface area contributed by atoms with Gasteiger partial charge in [-0.05, 0) is 31.0 Å². The lowest BCUT2D eigenvalue weighted by Gasteiger charge is -2.18. The molecule has 0 aromatic heterocycles. The van der Waals surface area contributed by atoms with Crippen LogP contribution >= 0.6 is 23.2 Å². The third-order valence-corrected chi connectivity index (χ3v) is 4.44. The number of amides is 5. The van der Waals surface area contributed by atoms with E-state index in [9.17, 15) is 19.2 Å². The molecule has 1 aromatic rings. The molecule has 2 rings (SSSR count). The average molecular weight is 386 g/mol. The van der Waals surface area contributed by atoms with Crippen molar-refractivity contribution in [2.24, 2.45) is 0 Å². The first-order valence-corrected chi connectivity index (χ1v) is 8.43. The standard InChI is InChI=1S/C16H17Cl2N3O4/c1-3-6-20-14(23)15(24)21(16(20)25)8-13(22)19-9(2)10-4-5-11(17)12(18)7-10/h4-5,7,9H,3,6,8H2,1-2H3,(H,19,22)/t9-/m1/s1. The number of nitrogens with one attached hydrogen (secondary N) is 1. The highest BCUT2D eigenvalue weighted by molar-refractivity contribution is 6.45. The lowest BCUT2D eigenvalue weighted by molar-refractivity contribution is -0.144. The zero-order valence-electron chi connectivity index (χ0n) is 13.7. The minimum Gasteiger partial charge on any atom is -0.348 e. The highest BCUT2D eigenvalue weighted by Crippen LogP contribution is 2.25. The molecule has 134 valence electrons. The zero-order valence-corrected chi connectivity index (χ0v) is 15.2. The van der Waals surface area contributed by atoms with Crippen molar-refractivity contribution in [2.45, 2.75) is 26.3 Å². The smallest absolute Gasteiger partial charge is 0.334 e. The number of rotatable bonds is 6. The number of hydrogen-bond acceptors (Lipinski definition) is 4. The summed E-state index contributed by atoms with van der Waals surface area (Å²) >= 11 is 11.8. The van der Waals surface area contributed by atoms with E-state index in [1.807, 2.05) is 0 Å². The monoisotopic (exact) mass is 385 g/mol. The summed E-state index contributed by atoms with van der Waals surface area (Å²) in [4.78, 5) is 49.4. The van der Waals surface area contributed by atoms with Crippen molar-refractivity contribution >= 4 is 47.0 Å². The summed E-state index contributed by atoms with van der Waals surface area (Å²) in [5, 5.41) is 3.40. The number of carbonyl (C=O) groups excluding carboxylic acids is 4. The van der Waals surface area contributed by atoms with Crippen LogP contribution in [0.1, 0.15) is 31.9 Å². The Morgan fingerprint density at radius 2 is 1.76 bits per heavy atom. The number of halogens is 2. The maximum Gasteiger partial charge on any atom is 0.334 e. The number of carbonyl (C=O) groups is 4. The molecule has 0 saturated carbocycles. The van der Waals surface area contributed by atoms with Gasteiger partial charge >= 0.3 is 17.8 Å². The van der Waals surface area contributed by atoms with Crippen molar-refractivity contribution in [3.63, 3.8) is 0 Å². The van der Waals surface area contributed by atoms with Crippen molar-refractivity contribution in [3.05, 3.63) is 33.8 Å². The van der Waals surface area contributed by atoms with Crippen LogP contribution in [0.25, 0.3) is 0 Å². The van der Waals surface area contributed by atoms with Gasteiger partial charge < -0.3 is 5.32 Å². The van der Waals surface area contributed by atoms with E-state index < -0.39 is 36.3 Å². The average Bonchev–Trinajstić information content (AvgIpc) is 2.75. The number of benzene rings is 1. The second kappa shape index (κ2) is 7.84. The fourth-order valence-electron chi connectivity index (χ4n) is 2.41. The van der Waals surface area contributed by atoms with Crippen LogP contribution in [-0.4, -0.2) is 46.6 Å². The van der Waals surface area contributed by atoms with Crippen LogP contribution in [0.3, 0.4) is 0 Å². The predicted octanol–water partition coefficient (Wildman–Crippen LogP) is 2.37. The van der Waals surface area contributed by atoms with Crippen LogP contribution in [0.2, 0.25) is 10.0 Å². The minimum absolute atomic E-state index is 0.140. The van der Waals surface area contributed by atoms with Crippen LogP contribution in [0, 0.1) is 0 Å². The van der Waals surface area contributed by atoms with Gasteiger partial charge in [0.05, 0.1) is 16.1 Å². The summed E-state index contributed by atoms with van der Waals surface area (Å²) < 4.78 is 0. The summed E-state index contributed by atoms with van der Waals surface area (Å²) in [7, 11) is 0. The molecular weight excluding hydrogens is 369 g/mol. The minimum atomic E-state index is -0.990. The molecule has 1 heterocycles. The summed E-state index contributed by atoms with van der Waals surface area (Å²) in [6.07, 6.45) is 0.527. The molecule has 1 N–H and O–H groups in total. The molecule has 1 aromatic carbocycles. The summed E-state index contributed by atoms with van der Waals surface area (Å²) in [6.45, 7) is 3.12. The number of imide groups is 2. The van der Waals surface area contributed by atoms with Gasteiger partial charge in [0, 0.05) is 6.54 Å². The van der Waals surface area contributed by atoms with Gasteiger partial charge in [0.15, 0.2) is 0 Å². The third kappa shape index (κ3) is 4.11. The van der Waals surface area contributed by atoms with E-state index in [1.165, 1.54) is 0 Å². The first kappa shape index (κ1) is 19.2. The molecule has 25 heavy (non-hydrogen) atoms. The normalized spacial score (nSPS) is 15.8. The predicted molar refractivity (Wildman–Crippen MR) is 92.1 cm³/mol. The molecule has 1 atom stereocenters. The van der Waals surface area contributed by atoms with Gasteiger partial charge in [0.25, 0.3) is 0 Å². The largest absolute Gasteiger partial charge is 0.348 e. The molecule has 0 radical (unpaired) electrons. The number of hydrogen-bond donors (Lipinski definition) is 1. The van der Waals surface area contributed by atoms with E-state index in [0.29, 0.717) is 26.9 Å². The molecule has 1 fully saturated rings. The molecule has 9 heteroatoms. The summed E-state index contributed by atoms with van der Waals surface area (Å²) in [5.74, 6) is -2.46. The van der Waals surface area contributed by atoms with E-state index in [0.717, 1.165) is 4.90 Å². The van der Waals surface area contributed by atoms with E-state index in [-0.39, 0.29) is 6.54 Å². The fourth-order valence-corrected chi connectivity index (χ4v) is 2.71. The van der Waals surface area contributed by atoms with Gasteiger partial charge in [0.1, 0.15) is 6.54 Å². The topological polar surface area (TPSA) is 86.8 Å². The maximum atomic E-state index is 12.2. The van der Waals surface area contributed by atoms with Gasteiger partial charge in [-0.3, -0.25) is 19.3 Å².